The van der Waals surface area contributed by atoms with Crippen LogP contribution in [0.4, 0.5) is 0 Å². The van der Waals surface area contributed by atoms with Crippen molar-refractivity contribution in [3.63, 3.8) is 0 Å². The molecule has 57 heavy (non-hydrogen) atoms. The Morgan fingerprint density at radius 3 is 0.702 bits per heavy atom. The van der Waals surface area contributed by atoms with E-state index in [-0.39, 0.29) is 45.3 Å². The van der Waals surface area contributed by atoms with Crippen molar-refractivity contribution in [2.24, 2.45) is 5.41 Å². The summed E-state index contributed by atoms with van der Waals surface area (Å²) < 4.78 is 65.5. The molecule has 0 unspecified atom stereocenters. The van der Waals surface area contributed by atoms with Crippen LogP contribution in [0.1, 0.15) is 41.4 Å². The molecule has 0 aliphatic rings. The van der Waals surface area contributed by atoms with Crippen molar-refractivity contribution in [3.05, 3.63) is 95.1 Å². The Hall–Kier alpha value is -6.84. The molecule has 4 aromatic rings. The Morgan fingerprint density at radius 1 is 0.333 bits per heavy atom. The zero-order chi connectivity index (χ0) is 41.5. The van der Waals surface area contributed by atoms with E-state index in [9.17, 15) is 19.2 Å². The number of carbonyl (C=O) groups excluding carboxylic acids is 4. The van der Waals surface area contributed by atoms with E-state index in [2.05, 4.69) is 0 Å². The summed E-state index contributed by atoms with van der Waals surface area (Å²) in [5.74, 6) is -0.802. The quantitative estimate of drug-likeness (QED) is 0.0812. The van der Waals surface area contributed by atoms with Crippen molar-refractivity contribution in [3.8, 4) is 46.0 Å². The lowest BCUT2D eigenvalue weighted by atomic mass is 9.92. The molecule has 0 atom stereocenters. The van der Waals surface area contributed by atoms with E-state index in [0.717, 1.165) is 0 Å². The van der Waals surface area contributed by atoms with Gasteiger partial charge in [-0.05, 0) is 72.8 Å². The highest BCUT2D eigenvalue weighted by atomic mass is 16.6. The number of carbonyl (C=O) groups is 4. The molecule has 0 saturated carbocycles. The predicted octanol–water partition coefficient (Wildman–Crippen LogP) is 5.47. The van der Waals surface area contributed by atoms with Crippen molar-refractivity contribution >= 4 is 23.9 Å². The molecule has 4 rings (SSSR count). The Bertz CT molecular complexity index is 1750. The first-order valence-corrected chi connectivity index (χ1v) is 17.1. The molecule has 0 bridgehead atoms. The maximum absolute atomic E-state index is 13.5. The molecule has 0 amide bonds. The molecule has 4 aromatic carbocycles. The molecule has 0 aliphatic heterocycles. The molecule has 0 spiro atoms. The van der Waals surface area contributed by atoms with E-state index in [1.807, 2.05) is 0 Å². The highest BCUT2D eigenvalue weighted by molar-refractivity contribution is 5.92. The van der Waals surface area contributed by atoms with Crippen molar-refractivity contribution in [1.82, 2.24) is 0 Å². The Labute approximate surface area is 329 Å². The standard InChI is InChI=1S/C41H44O16/c1-46-29-13-9-25(17-33(29)50-5)37(42)54-21-41(22-55-38(43)26-10-14-30(47-2)34(18-26)51-6,23-56-39(44)27-11-15-31(48-3)35(19-27)52-7)24-57-40(45)28-12-16-32(49-4)36(20-28)53-8/h9-20H,21-24H2,1-8H3. The van der Waals surface area contributed by atoms with E-state index in [1.54, 1.807) is 0 Å². The van der Waals surface area contributed by atoms with Crippen LogP contribution in [0.3, 0.4) is 0 Å². The van der Waals surface area contributed by atoms with Gasteiger partial charge in [0.25, 0.3) is 0 Å². The second-order valence-corrected chi connectivity index (χ2v) is 12.1. The lowest BCUT2D eigenvalue weighted by Gasteiger charge is -2.31. The van der Waals surface area contributed by atoms with E-state index >= 15 is 0 Å². The Kier molecular flexibility index (Phi) is 15.2. The highest BCUT2D eigenvalue weighted by Gasteiger charge is 2.39. The smallest absolute Gasteiger partial charge is 0.338 e. The van der Waals surface area contributed by atoms with Gasteiger partial charge in [0, 0.05) is 0 Å². The molecule has 0 aliphatic carbocycles. The van der Waals surface area contributed by atoms with Gasteiger partial charge >= 0.3 is 23.9 Å². The van der Waals surface area contributed by atoms with Gasteiger partial charge in [0.1, 0.15) is 31.8 Å². The van der Waals surface area contributed by atoms with Crippen molar-refractivity contribution in [2.45, 2.75) is 0 Å². The molecule has 0 N–H and O–H groups in total. The molecule has 0 heterocycles. The largest absolute Gasteiger partial charge is 0.493 e. The van der Waals surface area contributed by atoms with Crippen LogP contribution in [0.5, 0.6) is 46.0 Å². The molecular weight excluding hydrogens is 748 g/mol. The number of methoxy groups -OCH3 is 8. The summed E-state index contributed by atoms with van der Waals surface area (Å²) in [6.07, 6.45) is 0. The van der Waals surface area contributed by atoms with Crippen molar-refractivity contribution in [2.75, 3.05) is 83.3 Å². The summed E-state index contributed by atoms with van der Waals surface area (Å²) in [6.45, 7) is -2.34. The van der Waals surface area contributed by atoms with Crippen LogP contribution in [0, 0.1) is 5.41 Å². The maximum Gasteiger partial charge on any atom is 0.338 e. The monoisotopic (exact) mass is 792 g/mol. The van der Waals surface area contributed by atoms with Gasteiger partial charge in [-0.3, -0.25) is 0 Å². The first-order valence-electron chi connectivity index (χ1n) is 17.1. The molecule has 0 aromatic heterocycles. The third-order valence-corrected chi connectivity index (χ3v) is 8.51. The number of ether oxygens (including phenoxy) is 12. The molecular formula is C41H44O16. The number of esters is 4. The fraction of sp³-hybridized carbons (Fsp3) is 0.317. The molecule has 0 saturated heterocycles. The second-order valence-electron chi connectivity index (χ2n) is 12.1. The van der Waals surface area contributed by atoms with Gasteiger partial charge < -0.3 is 56.8 Å². The SMILES string of the molecule is COc1ccc(C(=O)OCC(COC(=O)c2ccc(OC)c(OC)c2)(COC(=O)c2ccc(OC)c(OC)c2)COC(=O)c2ccc(OC)c(OC)c2)cc1OC. The fourth-order valence-corrected chi connectivity index (χ4v) is 5.31. The second kappa shape index (κ2) is 20.2. The lowest BCUT2D eigenvalue weighted by molar-refractivity contribution is -0.0642. The van der Waals surface area contributed by atoms with E-state index in [4.69, 9.17) is 56.8 Å². The van der Waals surface area contributed by atoms with Crippen LogP contribution >= 0.6 is 0 Å². The Morgan fingerprint density at radius 2 is 0.526 bits per heavy atom. The summed E-state index contributed by atoms with van der Waals surface area (Å²) in [5, 5.41) is 0. The number of benzene rings is 4. The zero-order valence-corrected chi connectivity index (χ0v) is 32.8. The van der Waals surface area contributed by atoms with Crippen LogP contribution < -0.4 is 37.9 Å². The summed E-state index contributed by atoms with van der Waals surface area (Å²) >= 11 is 0. The summed E-state index contributed by atoms with van der Waals surface area (Å²) in [7, 11) is 11.4. The van der Waals surface area contributed by atoms with Crippen LogP contribution in [-0.4, -0.2) is 107 Å². The number of hydrogen-bond acceptors (Lipinski definition) is 16. The van der Waals surface area contributed by atoms with Gasteiger partial charge in [0.05, 0.1) is 79.1 Å². The molecule has 16 nitrogen and oxygen atoms in total. The summed E-state index contributed by atoms with van der Waals surface area (Å²) in [4.78, 5) is 54.0. The van der Waals surface area contributed by atoms with Gasteiger partial charge in [-0.15, -0.1) is 0 Å². The minimum absolute atomic E-state index is 0.0773. The van der Waals surface area contributed by atoms with Crippen LogP contribution in [0.2, 0.25) is 0 Å². The van der Waals surface area contributed by atoms with Crippen molar-refractivity contribution < 1.29 is 76.0 Å². The number of hydrogen-bond donors (Lipinski definition) is 0. The average Bonchev–Trinajstić information content (AvgIpc) is 3.26. The number of rotatable bonds is 20. The van der Waals surface area contributed by atoms with E-state index in [1.165, 1.54) is 130 Å². The molecule has 16 heteroatoms. The zero-order valence-electron chi connectivity index (χ0n) is 32.8. The lowest BCUT2D eigenvalue weighted by Crippen LogP contribution is -2.44. The topological polar surface area (TPSA) is 179 Å². The third-order valence-electron chi connectivity index (χ3n) is 8.51. The van der Waals surface area contributed by atoms with E-state index < -0.39 is 55.7 Å². The van der Waals surface area contributed by atoms with Gasteiger partial charge in [-0.2, -0.15) is 0 Å². The highest BCUT2D eigenvalue weighted by Crippen LogP contribution is 2.33. The summed E-state index contributed by atoms with van der Waals surface area (Å²) in [6, 6.07) is 17.5. The van der Waals surface area contributed by atoms with E-state index in [0.29, 0.717) is 23.0 Å². The van der Waals surface area contributed by atoms with Crippen LogP contribution in [0.25, 0.3) is 0 Å². The van der Waals surface area contributed by atoms with Gasteiger partial charge in [-0.25, -0.2) is 19.2 Å². The van der Waals surface area contributed by atoms with Gasteiger partial charge in [-0.1, -0.05) is 0 Å². The first kappa shape index (κ1) is 42.9. The van der Waals surface area contributed by atoms with Crippen LogP contribution in [0.15, 0.2) is 72.8 Å². The van der Waals surface area contributed by atoms with Gasteiger partial charge in [0.2, 0.25) is 0 Å². The van der Waals surface area contributed by atoms with Crippen LogP contribution in [-0.2, 0) is 18.9 Å². The summed E-state index contributed by atoms with van der Waals surface area (Å²) in [5.41, 5.74) is -1.39. The normalized spacial score (nSPS) is 10.7. The minimum Gasteiger partial charge on any atom is -0.493 e. The average molecular weight is 793 g/mol. The predicted molar refractivity (Wildman–Crippen MR) is 202 cm³/mol. The van der Waals surface area contributed by atoms with Crippen molar-refractivity contribution in [1.29, 1.82) is 0 Å². The van der Waals surface area contributed by atoms with Gasteiger partial charge in [0.15, 0.2) is 46.0 Å². The first-order chi connectivity index (χ1) is 27.5. The molecule has 304 valence electrons. The minimum atomic E-state index is -1.70. The fourth-order valence-electron chi connectivity index (χ4n) is 5.31. The molecule has 0 radical (unpaired) electrons. The molecule has 0 fully saturated rings. The Balaban J connectivity index is 1.72. The third kappa shape index (κ3) is 10.7. The maximum atomic E-state index is 13.5.